The standard InChI is InChI=1S/C35H42ClN7O2/c1-6-32(44)43-18-17-42(20-27(43)19-37-4)34-28-15-16-41(31-12-8-10-26-9-7-11-29(36)33(26)31)21-30(28)38-35(39-34)45-22-23(2)40(5)24(3)25-13-14-25/h6-12,23-25,27H,1,13-22H2,2-3,5H3/t23-,24+,27-/m0/s1. The molecule has 2 aromatic carbocycles. The Morgan fingerprint density at radius 2 is 1.96 bits per heavy atom. The normalized spacial score (nSPS) is 19.6. The van der Waals surface area contributed by atoms with Crippen LogP contribution in [0.2, 0.25) is 5.02 Å². The van der Waals surface area contributed by atoms with E-state index in [-0.39, 0.29) is 24.5 Å². The first-order valence-electron chi connectivity index (χ1n) is 16.0. The van der Waals surface area contributed by atoms with Crippen LogP contribution in [-0.4, -0.2) is 90.2 Å². The van der Waals surface area contributed by atoms with Gasteiger partial charge in [0.25, 0.3) is 0 Å². The predicted molar refractivity (Wildman–Crippen MR) is 180 cm³/mol. The molecule has 0 unspecified atom stereocenters. The highest BCUT2D eigenvalue weighted by Crippen LogP contribution is 2.38. The molecule has 1 saturated heterocycles. The van der Waals surface area contributed by atoms with E-state index in [9.17, 15) is 4.79 Å². The van der Waals surface area contributed by atoms with Gasteiger partial charge in [-0.25, -0.2) is 6.57 Å². The maximum Gasteiger partial charge on any atom is 0.318 e. The zero-order valence-electron chi connectivity index (χ0n) is 26.5. The third-order valence-electron chi connectivity index (χ3n) is 9.83. The van der Waals surface area contributed by atoms with E-state index >= 15 is 0 Å². The molecule has 1 amide bonds. The van der Waals surface area contributed by atoms with Gasteiger partial charge in [0.1, 0.15) is 18.5 Å². The lowest BCUT2D eigenvalue weighted by Crippen LogP contribution is -2.56. The average Bonchev–Trinajstić information content (AvgIpc) is 3.91. The van der Waals surface area contributed by atoms with E-state index < -0.39 is 0 Å². The van der Waals surface area contributed by atoms with Gasteiger partial charge in [0.05, 0.1) is 17.3 Å². The molecule has 3 aromatic rings. The van der Waals surface area contributed by atoms with Gasteiger partial charge in [-0.15, -0.1) is 0 Å². The van der Waals surface area contributed by atoms with Crippen molar-refractivity contribution in [2.75, 3.05) is 56.2 Å². The summed E-state index contributed by atoms with van der Waals surface area (Å²) in [4.78, 5) is 35.0. The molecule has 3 aliphatic rings. The summed E-state index contributed by atoms with van der Waals surface area (Å²) in [6.45, 7) is 19.4. The number of piperazine rings is 1. The van der Waals surface area contributed by atoms with Gasteiger partial charge in [-0.05, 0) is 69.7 Å². The molecule has 1 saturated carbocycles. The van der Waals surface area contributed by atoms with E-state index in [0.29, 0.717) is 44.8 Å². The summed E-state index contributed by atoms with van der Waals surface area (Å²) >= 11 is 6.72. The van der Waals surface area contributed by atoms with E-state index in [1.165, 1.54) is 18.9 Å². The third-order valence-corrected chi connectivity index (χ3v) is 10.1. The Hall–Kier alpha value is -3.87. The van der Waals surface area contributed by atoms with Gasteiger partial charge in [0.2, 0.25) is 12.5 Å². The van der Waals surface area contributed by atoms with Crippen LogP contribution in [0.3, 0.4) is 0 Å². The minimum atomic E-state index is -0.243. The Morgan fingerprint density at radius 1 is 1.18 bits per heavy atom. The molecule has 0 spiro atoms. The van der Waals surface area contributed by atoms with Crippen LogP contribution in [0.25, 0.3) is 15.6 Å². The van der Waals surface area contributed by atoms with Gasteiger partial charge in [0.15, 0.2) is 0 Å². The highest BCUT2D eigenvalue weighted by atomic mass is 35.5. The molecule has 0 radical (unpaired) electrons. The number of hydrogen-bond acceptors (Lipinski definition) is 7. The lowest BCUT2D eigenvalue weighted by atomic mass is 10.0. The van der Waals surface area contributed by atoms with E-state index in [2.05, 4.69) is 71.3 Å². The molecular weight excluding hydrogens is 586 g/mol. The molecule has 6 rings (SSSR count). The Balaban J connectivity index is 1.31. The molecule has 1 aromatic heterocycles. The lowest BCUT2D eigenvalue weighted by Gasteiger charge is -2.41. The average molecular weight is 628 g/mol. The second-order valence-corrected chi connectivity index (χ2v) is 13.0. The van der Waals surface area contributed by atoms with Gasteiger partial charge in [-0.2, -0.15) is 9.97 Å². The number of amides is 1. The van der Waals surface area contributed by atoms with Crippen molar-refractivity contribution in [1.29, 1.82) is 0 Å². The Labute approximate surface area is 271 Å². The number of rotatable bonds is 10. The highest BCUT2D eigenvalue weighted by Gasteiger charge is 2.35. The predicted octanol–water partition coefficient (Wildman–Crippen LogP) is 5.47. The van der Waals surface area contributed by atoms with Crippen molar-refractivity contribution in [2.24, 2.45) is 5.92 Å². The molecule has 0 bridgehead atoms. The van der Waals surface area contributed by atoms with Crippen molar-refractivity contribution in [1.82, 2.24) is 19.8 Å². The number of anilines is 2. The fourth-order valence-corrected chi connectivity index (χ4v) is 7.08. The summed E-state index contributed by atoms with van der Waals surface area (Å²) in [5.41, 5.74) is 3.12. The smallest absolute Gasteiger partial charge is 0.318 e. The van der Waals surface area contributed by atoms with Crippen molar-refractivity contribution >= 4 is 39.8 Å². The third kappa shape index (κ3) is 6.45. The fourth-order valence-electron chi connectivity index (χ4n) is 6.80. The first kappa shape index (κ1) is 31.1. The SMILES string of the molecule is [C-]#[N+]C[C@H]1CN(c2nc(OC[C@H](C)N(C)[C@H](C)C3CC3)nc3c2CCN(c2cccc4cccc(Cl)c24)C3)CCN1C(=O)C=C. The van der Waals surface area contributed by atoms with Crippen LogP contribution in [0.15, 0.2) is 49.1 Å². The number of carbonyl (C=O) groups excluding carboxylic acids is 1. The molecule has 3 atom stereocenters. The van der Waals surface area contributed by atoms with Crippen LogP contribution in [0.5, 0.6) is 6.01 Å². The summed E-state index contributed by atoms with van der Waals surface area (Å²) < 4.78 is 6.36. The van der Waals surface area contributed by atoms with Crippen molar-refractivity contribution in [3.05, 3.63) is 76.8 Å². The van der Waals surface area contributed by atoms with Crippen LogP contribution < -0.4 is 14.5 Å². The summed E-state index contributed by atoms with van der Waals surface area (Å²) in [7, 11) is 2.17. The topological polar surface area (TPSA) is 69.4 Å². The molecule has 2 fully saturated rings. The molecule has 9 nitrogen and oxygen atoms in total. The van der Waals surface area contributed by atoms with Crippen molar-refractivity contribution < 1.29 is 9.53 Å². The molecule has 2 aliphatic heterocycles. The molecule has 10 heteroatoms. The molecule has 3 heterocycles. The number of fused-ring (bicyclic) bond motifs is 2. The van der Waals surface area contributed by atoms with Gasteiger partial charge < -0.3 is 24.3 Å². The van der Waals surface area contributed by atoms with E-state index in [1.54, 1.807) is 4.90 Å². The monoisotopic (exact) mass is 627 g/mol. The second-order valence-electron chi connectivity index (χ2n) is 12.6. The molecule has 1 aliphatic carbocycles. The first-order valence-corrected chi connectivity index (χ1v) is 16.3. The maximum atomic E-state index is 12.6. The van der Waals surface area contributed by atoms with E-state index in [0.717, 1.165) is 57.4 Å². The minimum absolute atomic E-state index is 0.139. The Kier molecular flexibility index (Phi) is 9.16. The summed E-state index contributed by atoms with van der Waals surface area (Å²) in [5.74, 6) is 1.48. The molecular formula is C35H42ClN7O2. The van der Waals surface area contributed by atoms with Gasteiger partial charge in [0, 0.05) is 54.9 Å². The first-order chi connectivity index (χ1) is 21.8. The van der Waals surface area contributed by atoms with Crippen LogP contribution in [0.4, 0.5) is 11.5 Å². The number of benzene rings is 2. The largest absolute Gasteiger partial charge is 0.462 e. The Bertz CT molecular complexity index is 1610. The fraction of sp³-hybridized carbons (Fsp3) is 0.486. The molecule has 45 heavy (non-hydrogen) atoms. The zero-order chi connectivity index (χ0) is 31.7. The maximum absolute atomic E-state index is 12.6. The van der Waals surface area contributed by atoms with E-state index in [4.69, 9.17) is 32.9 Å². The number of carbonyl (C=O) groups is 1. The van der Waals surface area contributed by atoms with Crippen molar-refractivity contribution in [2.45, 2.75) is 57.8 Å². The number of likely N-dealkylation sites (N-methyl/N-ethyl adjacent to an activating group) is 1. The minimum Gasteiger partial charge on any atom is -0.462 e. The number of halogens is 1. The second kappa shape index (κ2) is 13.2. The number of ether oxygens (including phenoxy) is 1. The molecule has 236 valence electrons. The number of nitrogens with zero attached hydrogens (tertiary/aromatic N) is 7. The van der Waals surface area contributed by atoms with Crippen molar-refractivity contribution in [3.63, 3.8) is 0 Å². The van der Waals surface area contributed by atoms with E-state index in [1.807, 2.05) is 12.1 Å². The van der Waals surface area contributed by atoms with Crippen LogP contribution in [0.1, 0.15) is 37.9 Å². The summed E-state index contributed by atoms with van der Waals surface area (Å²) in [5, 5.41) is 2.88. The van der Waals surface area contributed by atoms with Crippen LogP contribution >= 0.6 is 11.6 Å². The zero-order valence-corrected chi connectivity index (χ0v) is 27.2. The summed E-state index contributed by atoms with van der Waals surface area (Å²) in [6, 6.07) is 13.1. The van der Waals surface area contributed by atoms with Gasteiger partial charge >= 0.3 is 6.01 Å². The highest BCUT2D eigenvalue weighted by molar-refractivity contribution is 6.36. The van der Waals surface area contributed by atoms with Gasteiger partial charge in [-0.1, -0.05) is 42.4 Å². The summed E-state index contributed by atoms with van der Waals surface area (Å²) in [6.07, 6.45) is 4.69. The van der Waals surface area contributed by atoms with Gasteiger partial charge in [-0.3, -0.25) is 9.69 Å². The quantitative estimate of drug-likeness (QED) is 0.218. The van der Waals surface area contributed by atoms with Crippen LogP contribution in [-0.2, 0) is 17.8 Å². The molecule has 0 N–H and O–H groups in total. The lowest BCUT2D eigenvalue weighted by molar-refractivity contribution is -0.128. The van der Waals surface area contributed by atoms with Crippen LogP contribution in [0, 0.1) is 12.5 Å². The number of hydrogen-bond donors (Lipinski definition) is 0. The Morgan fingerprint density at radius 3 is 2.69 bits per heavy atom. The number of aromatic nitrogens is 2. The van der Waals surface area contributed by atoms with Crippen molar-refractivity contribution in [3.8, 4) is 6.01 Å².